The first-order valence-electron chi connectivity index (χ1n) is 15.4. The minimum atomic E-state index is -0.0377. The molecule has 4 heterocycles. The van der Waals surface area contributed by atoms with Crippen molar-refractivity contribution in [1.29, 1.82) is 0 Å². The zero-order valence-electron chi connectivity index (χ0n) is 26.0. The molecule has 0 bridgehead atoms. The monoisotopic (exact) mass is 598 g/mol. The number of hydrogen-bond donors (Lipinski definition) is 0. The summed E-state index contributed by atoms with van der Waals surface area (Å²) in [6.07, 6.45) is 0. The summed E-state index contributed by atoms with van der Waals surface area (Å²) in [6.45, 7) is 0. The normalized spacial score (nSPS) is 12.1. The van der Waals surface area contributed by atoms with E-state index in [1.807, 2.05) is 83.9 Å². The van der Waals surface area contributed by atoms with Crippen LogP contribution in [0.3, 0.4) is 0 Å². The van der Waals surface area contributed by atoms with Crippen LogP contribution in [-0.2, 0) is 28.2 Å². The third-order valence-corrected chi connectivity index (χ3v) is 10.0. The Morgan fingerprint density at radius 2 is 0.761 bits per heavy atom. The van der Waals surface area contributed by atoms with Gasteiger partial charge in [0.2, 0.25) is 0 Å². The number of nitrogens with zero attached hydrogens (tertiary/aromatic N) is 4. The van der Waals surface area contributed by atoms with Crippen molar-refractivity contribution in [2.45, 2.75) is 0 Å². The molecule has 222 valence electrons. The summed E-state index contributed by atoms with van der Waals surface area (Å²) < 4.78 is 8.41. The van der Waals surface area contributed by atoms with Crippen LogP contribution in [0.25, 0.3) is 87.9 Å². The van der Waals surface area contributed by atoms with E-state index in [0.29, 0.717) is 21.5 Å². The molecule has 0 amide bonds. The van der Waals surface area contributed by atoms with E-state index < -0.39 is 0 Å². The Balaban J connectivity index is 1.27. The van der Waals surface area contributed by atoms with Crippen LogP contribution in [0.1, 0.15) is 0 Å². The van der Waals surface area contributed by atoms with Crippen LogP contribution in [0, 0.1) is 0 Å². The van der Waals surface area contributed by atoms with Gasteiger partial charge < -0.3 is 18.3 Å². The van der Waals surface area contributed by atoms with Gasteiger partial charge >= 0.3 is 0 Å². The van der Waals surface area contributed by atoms with Crippen molar-refractivity contribution in [1.82, 2.24) is 18.3 Å². The molecule has 0 saturated heterocycles. The molecule has 6 nitrogen and oxygen atoms in total. The van der Waals surface area contributed by atoms with Gasteiger partial charge in [-0.15, -0.1) is 0 Å². The van der Waals surface area contributed by atoms with Gasteiger partial charge in [-0.3, -0.25) is 9.59 Å². The summed E-state index contributed by atoms with van der Waals surface area (Å²) in [5.41, 5.74) is 9.44. The van der Waals surface area contributed by atoms with Gasteiger partial charge in [-0.1, -0.05) is 48.5 Å². The maximum Gasteiger partial charge on any atom is 0.197 e. The second kappa shape index (κ2) is 9.31. The largest absolute Gasteiger partial charge is 0.344 e. The van der Waals surface area contributed by atoms with Crippen LogP contribution < -0.4 is 10.9 Å². The van der Waals surface area contributed by atoms with E-state index in [-0.39, 0.29) is 10.9 Å². The van der Waals surface area contributed by atoms with Gasteiger partial charge in [-0.05, 0) is 71.8 Å². The topological polar surface area (TPSA) is 53.9 Å². The molecule has 0 radical (unpaired) electrons. The van der Waals surface area contributed by atoms with Crippen molar-refractivity contribution in [3.8, 4) is 22.5 Å². The summed E-state index contributed by atoms with van der Waals surface area (Å²) in [5, 5.41) is 4.83. The highest BCUT2D eigenvalue weighted by molar-refractivity contribution is 6.05. The lowest BCUT2D eigenvalue weighted by Crippen LogP contribution is -2.13. The third kappa shape index (κ3) is 3.52. The second-order valence-electron chi connectivity index (χ2n) is 12.4. The lowest BCUT2D eigenvalue weighted by molar-refractivity contribution is 0.977. The van der Waals surface area contributed by atoms with Crippen LogP contribution in [0.5, 0.6) is 0 Å². The van der Waals surface area contributed by atoms with E-state index in [1.165, 1.54) is 0 Å². The van der Waals surface area contributed by atoms with Crippen LogP contribution in [0.4, 0.5) is 0 Å². The molecule has 0 N–H and O–H groups in total. The molecule has 4 aromatic heterocycles. The van der Waals surface area contributed by atoms with Gasteiger partial charge in [0.1, 0.15) is 0 Å². The molecule has 6 heteroatoms. The molecule has 0 spiro atoms. The second-order valence-corrected chi connectivity index (χ2v) is 12.4. The number of hydrogen-bond acceptors (Lipinski definition) is 2. The average Bonchev–Trinajstić information content (AvgIpc) is 3.61. The van der Waals surface area contributed by atoms with Crippen molar-refractivity contribution in [2.75, 3.05) is 0 Å². The molecule has 9 aromatic rings. The van der Waals surface area contributed by atoms with Gasteiger partial charge in [0.25, 0.3) is 0 Å². The number of pyridine rings is 2. The van der Waals surface area contributed by atoms with E-state index >= 15 is 0 Å². The number of para-hydroxylation sites is 2. The molecular formula is C40H30N4O2. The molecule has 0 aliphatic carbocycles. The summed E-state index contributed by atoms with van der Waals surface area (Å²) in [5.74, 6) is 0. The summed E-state index contributed by atoms with van der Waals surface area (Å²) >= 11 is 0. The molecule has 0 atom stereocenters. The Labute approximate surface area is 263 Å². The lowest BCUT2D eigenvalue weighted by Gasteiger charge is -2.16. The van der Waals surface area contributed by atoms with Gasteiger partial charge in [-0.25, -0.2) is 0 Å². The molecule has 5 aromatic carbocycles. The highest BCUT2D eigenvalue weighted by atomic mass is 16.1. The predicted octanol–water partition coefficient (Wildman–Crippen LogP) is 8.01. The van der Waals surface area contributed by atoms with E-state index in [1.54, 1.807) is 0 Å². The first kappa shape index (κ1) is 26.5. The van der Waals surface area contributed by atoms with Gasteiger partial charge in [0.15, 0.2) is 10.9 Å². The lowest BCUT2D eigenvalue weighted by atomic mass is 10.0. The van der Waals surface area contributed by atoms with Crippen LogP contribution in [0.2, 0.25) is 0 Å². The number of aromatic nitrogens is 4. The fraction of sp³-hybridized carbons (Fsp3) is 0.100. The molecule has 0 unspecified atom stereocenters. The van der Waals surface area contributed by atoms with E-state index in [0.717, 1.165) is 66.4 Å². The molecule has 0 aliphatic heterocycles. The molecular weight excluding hydrogens is 568 g/mol. The number of aryl methyl sites for hydroxylation is 4. The quantitative estimate of drug-likeness (QED) is 0.189. The number of rotatable bonds is 2. The Hall–Kier alpha value is -5.88. The van der Waals surface area contributed by atoms with E-state index in [4.69, 9.17) is 0 Å². The molecule has 9 rings (SSSR count). The van der Waals surface area contributed by atoms with Crippen molar-refractivity contribution >= 4 is 65.4 Å². The number of benzene rings is 5. The van der Waals surface area contributed by atoms with Crippen molar-refractivity contribution in [3.63, 3.8) is 0 Å². The first-order chi connectivity index (χ1) is 22.3. The van der Waals surface area contributed by atoms with Crippen molar-refractivity contribution in [3.05, 3.63) is 130 Å². The Morgan fingerprint density at radius 3 is 1.17 bits per heavy atom. The highest BCUT2D eigenvalue weighted by Crippen LogP contribution is 2.32. The molecule has 0 aliphatic rings. The zero-order valence-corrected chi connectivity index (χ0v) is 26.0. The van der Waals surface area contributed by atoms with E-state index in [9.17, 15) is 9.59 Å². The Kier molecular flexibility index (Phi) is 5.37. The van der Waals surface area contributed by atoms with Gasteiger partial charge in [0.05, 0.1) is 22.1 Å². The minimum Gasteiger partial charge on any atom is -0.344 e. The van der Waals surface area contributed by atoms with Crippen molar-refractivity contribution in [2.24, 2.45) is 28.2 Å². The highest BCUT2D eigenvalue weighted by Gasteiger charge is 2.17. The summed E-state index contributed by atoms with van der Waals surface area (Å²) in [4.78, 5) is 28.4. The molecule has 0 fully saturated rings. The summed E-state index contributed by atoms with van der Waals surface area (Å²) in [7, 11) is 8.05. The average molecular weight is 599 g/mol. The minimum absolute atomic E-state index is 0.0377. The Bertz CT molecular complexity index is 2700. The maximum atomic E-state index is 14.2. The summed E-state index contributed by atoms with van der Waals surface area (Å²) in [6, 6.07) is 36.9. The molecule has 0 saturated carbocycles. The zero-order chi connectivity index (χ0) is 31.4. The first-order valence-corrected chi connectivity index (χ1v) is 15.4. The van der Waals surface area contributed by atoms with Gasteiger partial charge in [-0.2, -0.15) is 0 Å². The van der Waals surface area contributed by atoms with Gasteiger partial charge in [0, 0.05) is 82.9 Å². The fourth-order valence-corrected chi connectivity index (χ4v) is 7.52. The van der Waals surface area contributed by atoms with Crippen molar-refractivity contribution < 1.29 is 0 Å². The van der Waals surface area contributed by atoms with Crippen LogP contribution in [-0.4, -0.2) is 18.3 Å². The SMILES string of the molecule is Cn1c(-c2ccc3c(c2)c(=O)c2cc4c(cc2n3C)c(=O)c2cc(-c3cc5ccccc5n3C)ccc2n4C)cc2ccccc21. The van der Waals surface area contributed by atoms with Crippen LogP contribution >= 0.6 is 0 Å². The smallest absolute Gasteiger partial charge is 0.197 e. The molecule has 46 heavy (non-hydrogen) atoms. The predicted molar refractivity (Wildman–Crippen MR) is 191 cm³/mol. The maximum absolute atomic E-state index is 14.2. The number of fused-ring (bicyclic) bond motifs is 6. The van der Waals surface area contributed by atoms with E-state index in [2.05, 4.69) is 71.8 Å². The Morgan fingerprint density at radius 1 is 0.370 bits per heavy atom. The van der Waals surface area contributed by atoms with Crippen LogP contribution in [0.15, 0.2) is 119 Å². The fourth-order valence-electron chi connectivity index (χ4n) is 7.52. The standard InChI is InChI=1S/C40H30N4O2/c1-41-31-11-7-5-9-23(31)19-35(41)25-13-15-33-27(17-25)39(45)29-21-38-30(22-37(29)43(33)3)40(46)28-18-26(14-16-34(28)44(38)4)36-20-24-10-6-8-12-32(24)42(36)2/h5-22H,1-4H3. The third-order valence-electron chi connectivity index (χ3n) is 10.0.